The standard InChI is InChI=1S/C20H24ClN5O4S/c1-12-10-22-15(31-12)11-26-16-17(23-19(26)30-14-6-4-13(21)5-7-14)24(2)20(29)25(18(16)28)8-3-9-27/h4-7,10,15,19,22-23,27H,3,8-9,11H2,1-2H3. The van der Waals surface area contributed by atoms with Gasteiger partial charge in [0.25, 0.3) is 11.9 Å². The molecule has 0 saturated heterocycles. The minimum atomic E-state index is -0.688. The van der Waals surface area contributed by atoms with E-state index in [2.05, 4.69) is 10.6 Å². The number of thioether (sulfide) groups is 1. The van der Waals surface area contributed by atoms with Gasteiger partial charge in [-0.3, -0.25) is 13.9 Å². The van der Waals surface area contributed by atoms with Gasteiger partial charge in [-0.05, 0) is 42.5 Å². The molecule has 3 N–H and O–H groups in total. The summed E-state index contributed by atoms with van der Waals surface area (Å²) in [5.74, 6) is 0.980. The molecule has 166 valence electrons. The lowest BCUT2D eigenvalue weighted by atomic mass is 10.3. The van der Waals surface area contributed by atoms with Crippen LogP contribution in [0.2, 0.25) is 5.02 Å². The van der Waals surface area contributed by atoms with Gasteiger partial charge in [0.1, 0.15) is 17.3 Å². The van der Waals surface area contributed by atoms with Gasteiger partial charge in [0.2, 0.25) is 0 Å². The van der Waals surface area contributed by atoms with Crippen molar-refractivity contribution in [1.82, 2.24) is 14.5 Å². The van der Waals surface area contributed by atoms with Crippen molar-refractivity contribution in [2.24, 2.45) is 7.05 Å². The molecular formula is C20H24ClN5O4S. The second-order valence-electron chi connectivity index (χ2n) is 7.32. The van der Waals surface area contributed by atoms with E-state index in [1.165, 1.54) is 4.57 Å². The minimum absolute atomic E-state index is 0.0200. The smallest absolute Gasteiger partial charge is 0.332 e. The maximum absolute atomic E-state index is 13.3. The lowest BCUT2D eigenvalue weighted by Gasteiger charge is -2.28. The van der Waals surface area contributed by atoms with E-state index in [9.17, 15) is 14.7 Å². The van der Waals surface area contributed by atoms with E-state index in [0.717, 1.165) is 9.47 Å². The highest BCUT2D eigenvalue weighted by atomic mass is 35.5. The second kappa shape index (κ2) is 8.89. The summed E-state index contributed by atoms with van der Waals surface area (Å²) < 4.78 is 8.70. The summed E-state index contributed by atoms with van der Waals surface area (Å²) in [4.78, 5) is 29.0. The molecule has 3 heterocycles. The molecule has 4 rings (SSSR count). The lowest BCUT2D eigenvalue weighted by Crippen LogP contribution is -2.47. The third-order valence-electron chi connectivity index (χ3n) is 5.12. The molecule has 2 atom stereocenters. The van der Waals surface area contributed by atoms with Crippen molar-refractivity contribution >= 4 is 34.9 Å². The quantitative estimate of drug-likeness (QED) is 0.568. The molecule has 31 heavy (non-hydrogen) atoms. The van der Waals surface area contributed by atoms with Crippen LogP contribution in [-0.2, 0) is 13.6 Å². The fraction of sp³-hybridized carbons (Fsp3) is 0.400. The van der Waals surface area contributed by atoms with E-state index in [1.54, 1.807) is 43.1 Å². The van der Waals surface area contributed by atoms with E-state index in [1.807, 2.05) is 18.0 Å². The highest BCUT2D eigenvalue weighted by Gasteiger charge is 2.38. The number of fused-ring (bicyclic) bond motifs is 1. The number of ether oxygens (including phenoxy) is 1. The monoisotopic (exact) mass is 465 g/mol. The lowest BCUT2D eigenvalue weighted by molar-refractivity contribution is 0.229. The molecule has 0 spiro atoms. The molecule has 2 aromatic rings. The van der Waals surface area contributed by atoms with Crippen LogP contribution >= 0.6 is 23.4 Å². The van der Waals surface area contributed by atoms with Crippen LogP contribution in [0.3, 0.4) is 0 Å². The normalized spacial score (nSPS) is 19.6. The molecule has 0 bridgehead atoms. The fourth-order valence-corrected chi connectivity index (χ4v) is 4.69. The Morgan fingerprint density at radius 2 is 2.00 bits per heavy atom. The highest BCUT2D eigenvalue weighted by Crippen LogP contribution is 2.34. The molecule has 0 fully saturated rings. The van der Waals surface area contributed by atoms with E-state index >= 15 is 0 Å². The molecule has 9 nitrogen and oxygen atoms in total. The molecule has 0 amide bonds. The molecule has 0 aliphatic carbocycles. The van der Waals surface area contributed by atoms with E-state index < -0.39 is 17.6 Å². The minimum Gasteiger partial charge on any atom is -0.452 e. The van der Waals surface area contributed by atoms with Crippen molar-refractivity contribution in [2.75, 3.05) is 23.4 Å². The zero-order chi connectivity index (χ0) is 22.1. The molecule has 1 aromatic carbocycles. The molecule has 2 aliphatic rings. The van der Waals surface area contributed by atoms with Crippen LogP contribution in [0, 0.1) is 0 Å². The zero-order valence-corrected chi connectivity index (χ0v) is 18.7. The SMILES string of the molecule is CC1=CNC(CN2c3c(n(C)c(=O)n(CCCO)c3=O)NC2Oc2ccc(Cl)cc2)S1. The maximum atomic E-state index is 13.3. The van der Waals surface area contributed by atoms with Gasteiger partial charge in [0, 0.05) is 31.4 Å². The van der Waals surface area contributed by atoms with Crippen molar-refractivity contribution in [3.05, 3.63) is 61.2 Å². The predicted octanol–water partition coefficient (Wildman–Crippen LogP) is 1.70. The first-order valence-corrected chi connectivity index (χ1v) is 11.1. The Morgan fingerprint density at radius 1 is 1.26 bits per heavy atom. The Balaban J connectivity index is 1.72. The summed E-state index contributed by atoms with van der Waals surface area (Å²) in [5.41, 5.74) is -0.484. The van der Waals surface area contributed by atoms with Crippen molar-refractivity contribution < 1.29 is 9.84 Å². The highest BCUT2D eigenvalue weighted by molar-refractivity contribution is 8.03. The summed E-state index contributed by atoms with van der Waals surface area (Å²) in [7, 11) is 1.61. The van der Waals surface area contributed by atoms with E-state index in [0.29, 0.717) is 35.2 Å². The Morgan fingerprint density at radius 3 is 2.65 bits per heavy atom. The first kappa shape index (κ1) is 21.7. The number of halogens is 1. The van der Waals surface area contributed by atoms with Gasteiger partial charge >= 0.3 is 5.69 Å². The van der Waals surface area contributed by atoms with E-state index in [4.69, 9.17) is 16.3 Å². The third kappa shape index (κ3) is 4.28. The van der Waals surface area contributed by atoms with Crippen molar-refractivity contribution in [1.29, 1.82) is 0 Å². The van der Waals surface area contributed by atoms with Gasteiger partial charge < -0.3 is 25.4 Å². The van der Waals surface area contributed by atoms with Gasteiger partial charge in [0.05, 0.1) is 11.9 Å². The Bertz CT molecular complexity index is 1110. The summed E-state index contributed by atoms with van der Waals surface area (Å²) >= 11 is 7.64. The number of nitrogens with zero attached hydrogens (tertiary/aromatic N) is 3. The molecule has 11 heteroatoms. The number of anilines is 2. The van der Waals surface area contributed by atoms with E-state index in [-0.39, 0.29) is 18.5 Å². The van der Waals surface area contributed by atoms with Crippen LogP contribution in [0.15, 0.2) is 45.0 Å². The number of aliphatic hydroxyl groups is 1. The largest absolute Gasteiger partial charge is 0.452 e. The molecule has 1 aromatic heterocycles. The molecule has 0 radical (unpaired) electrons. The molecule has 2 aliphatic heterocycles. The maximum Gasteiger partial charge on any atom is 0.332 e. The predicted molar refractivity (Wildman–Crippen MR) is 123 cm³/mol. The topological polar surface area (TPSA) is 101 Å². The Hall–Kier alpha value is -2.56. The number of hydrogen-bond donors (Lipinski definition) is 3. The van der Waals surface area contributed by atoms with Crippen molar-refractivity contribution in [3.63, 3.8) is 0 Å². The van der Waals surface area contributed by atoms with Crippen molar-refractivity contribution in [2.45, 2.75) is 31.6 Å². The van der Waals surface area contributed by atoms with Crippen LogP contribution in [0.25, 0.3) is 0 Å². The summed E-state index contributed by atoms with van der Waals surface area (Å²) in [6.45, 7) is 2.51. The van der Waals surface area contributed by atoms with Crippen LogP contribution in [0.4, 0.5) is 11.5 Å². The number of aromatic nitrogens is 2. The van der Waals surface area contributed by atoms with Crippen LogP contribution < -0.4 is 31.5 Å². The van der Waals surface area contributed by atoms with Gasteiger partial charge in [-0.2, -0.15) is 0 Å². The number of benzene rings is 1. The van der Waals surface area contributed by atoms with Crippen LogP contribution in [0.5, 0.6) is 5.75 Å². The average molecular weight is 466 g/mol. The van der Waals surface area contributed by atoms with Gasteiger partial charge in [-0.15, -0.1) is 11.8 Å². The first-order valence-electron chi connectivity index (χ1n) is 9.88. The molecular weight excluding hydrogens is 442 g/mol. The summed E-state index contributed by atoms with van der Waals surface area (Å²) in [6, 6.07) is 6.95. The fourth-order valence-electron chi connectivity index (χ4n) is 3.61. The number of aliphatic hydroxyl groups excluding tert-OH is 1. The van der Waals surface area contributed by atoms with Crippen molar-refractivity contribution in [3.8, 4) is 5.75 Å². The first-order chi connectivity index (χ1) is 14.9. The molecule has 2 unspecified atom stereocenters. The summed E-state index contributed by atoms with van der Waals surface area (Å²) in [6.07, 6.45) is 1.57. The Kier molecular flexibility index (Phi) is 6.22. The third-order valence-corrected chi connectivity index (χ3v) is 6.43. The van der Waals surface area contributed by atoms with Gasteiger partial charge in [0.15, 0.2) is 0 Å². The number of rotatable bonds is 7. The summed E-state index contributed by atoms with van der Waals surface area (Å²) in [5, 5.41) is 16.3. The van der Waals surface area contributed by atoms with Crippen LogP contribution in [0.1, 0.15) is 13.3 Å². The number of nitrogens with one attached hydrogen (secondary N) is 2. The zero-order valence-electron chi connectivity index (χ0n) is 17.2. The molecule has 0 saturated carbocycles. The number of allylic oxidation sites excluding steroid dienone is 1. The van der Waals surface area contributed by atoms with Crippen LogP contribution in [-0.4, -0.2) is 39.1 Å². The second-order valence-corrected chi connectivity index (χ2v) is 9.21. The average Bonchev–Trinajstić information content (AvgIpc) is 3.32. The van der Waals surface area contributed by atoms with Gasteiger partial charge in [-0.25, -0.2) is 4.79 Å². The number of hydrogen-bond acceptors (Lipinski definition) is 8. The Labute approximate surface area is 188 Å². The van der Waals surface area contributed by atoms with Gasteiger partial charge in [-0.1, -0.05) is 11.6 Å².